The maximum absolute atomic E-state index is 12.4. The van der Waals surface area contributed by atoms with Crippen LogP contribution in [0.2, 0.25) is 0 Å². The number of Topliss-reactive ketones (excluding diaryl/α,β-unsaturated/α-hetero) is 1. The Hall–Kier alpha value is -3.00. The number of carbonyl (C=O) groups is 4. The van der Waals surface area contributed by atoms with Gasteiger partial charge >= 0.3 is 5.97 Å². The predicted molar refractivity (Wildman–Crippen MR) is 94.8 cm³/mol. The average molecular weight is 405 g/mol. The summed E-state index contributed by atoms with van der Waals surface area (Å²) in [4.78, 5) is 46.8. The summed E-state index contributed by atoms with van der Waals surface area (Å²) < 4.78 is 0.561. The van der Waals surface area contributed by atoms with Gasteiger partial charge in [-0.15, -0.1) is 0 Å². The number of rotatable bonds is 5. The standard InChI is InChI=1S/C17H13BrN2O5/c1-9(21)19-14-6-5-11(18)8-13(14)15(22)16(23)20-12-4-2-3-10(7-12)17(24)25/h2-8H,1H3,(H,19,21)(H,20,23)(H,24,25). The molecular formula is C17H13BrN2O5. The maximum Gasteiger partial charge on any atom is 0.335 e. The van der Waals surface area contributed by atoms with E-state index in [1.54, 1.807) is 6.07 Å². The minimum Gasteiger partial charge on any atom is -0.478 e. The van der Waals surface area contributed by atoms with Crippen LogP contribution in [-0.4, -0.2) is 28.7 Å². The second kappa shape index (κ2) is 7.71. The van der Waals surface area contributed by atoms with E-state index in [1.807, 2.05) is 0 Å². The normalized spacial score (nSPS) is 10.0. The van der Waals surface area contributed by atoms with Crippen molar-refractivity contribution < 1.29 is 24.3 Å². The van der Waals surface area contributed by atoms with Crippen molar-refractivity contribution in [2.45, 2.75) is 6.92 Å². The highest BCUT2D eigenvalue weighted by Gasteiger charge is 2.21. The molecule has 0 aromatic heterocycles. The van der Waals surface area contributed by atoms with Crippen LogP contribution in [0.1, 0.15) is 27.6 Å². The molecule has 2 aromatic carbocycles. The smallest absolute Gasteiger partial charge is 0.335 e. The lowest BCUT2D eigenvalue weighted by molar-refractivity contribution is -0.114. The molecule has 8 heteroatoms. The second-order valence-electron chi connectivity index (χ2n) is 5.04. The van der Waals surface area contributed by atoms with Crippen molar-refractivity contribution in [1.82, 2.24) is 0 Å². The van der Waals surface area contributed by atoms with Gasteiger partial charge < -0.3 is 15.7 Å². The fourth-order valence-corrected chi connectivity index (χ4v) is 2.40. The van der Waals surface area contributed by atoms with Crippen molar-refractivity contribution in [1.29, 1.82) is 0 Å². The van der Waals surface area contributed by atoms with E-state index >= 15 is 0 Å². The van der Waals surface area contributed by atoms with Crippen LogP contribution < -0.4 is 10.6 Å². The maximum atomic E-state index is 12.4. The van der Waals surface area contributed by atoms with E-state index in [0.717, 1.165) is 0 Å². The first-order valence-corrected chi connectivity index (χ1v) is 7.83. The molecular weight excluding hydrogens is 392 g/mol. The number of carboxylic acid groups (broad SMARTS) is 1. The van der Waals surface area contributed by atoms with Gasteiger partial charge in [-0.05, 0) is 36.4 Å². The Morgan fingerprint density at radius 1 is 1.00 bits per heavy atom. The number of hydrogen-bond acceptors (Lipinski definition) is 4. The van der Waals surface area contributed by atoms with Crippen LogP contribution in [0.25, 0.3) is 0 Å². The summed E-state index contributed by atoms with van der Waals surface area (Å²) in [6, 6.07) is 10.1. The van der Waals surface area contributed by atoms with Gasteiger partial charge in [0, 0.05) is 17.1 Å². The van der Waals surface area contributed by atoms with Gasteiger partial charge in [-0.3, -0.25) is 14.4 Å². The van der Waals surface area contributed by atoms with E-state index in [2.05, 4.69) is 26.6 Å². The van der Waals surface area contributed by atoms with Crippen molar-refractivity contribution in [2.24, 2.45) is 0 Å². The largest absolute Gasteiger partial charge is 0.478 e. The van der Waals surface area contributed by atoms with Crippen LogP contribution >= 0.6 is 15.9 Å². The molecule has 0 spiro atoms. The van der Waals surface area contributed by atoms with Crippen LogP contribution in [0, 0.1) is 0 Å². The first kappa shape index (κ1) is 18.3. The van der Waals surface area contributed by atoms with Gasteiger partial charge in [0.25, 0.3) is 11.7 Å². The molecule has 0 fully saturated rings. The molecule has 0 aliphatic carbocycles. The minimum absolute atomic E-state index is 0.0106. The Labute approximate surface area is 151 Å². The van der Waals surface area contributed by atoms with Crippen LogP contribution in [0.3, 0.4) is 0 Å². The third kappa shape index (κ3) is 4.74. The minimum atomic E-state index is -1.15. The van der Waals surface area contributed by atoms with E-state index in [0.29, 0.717) is 4.47 Å². The molecule has 2 rings (SSSR count). The van der Waals surface area contributed by atoms with Gasteiger partial charge in [0.15, 0.2) is 0 Å². The van der Waals surface area contributed by atoms with Gasteiger partial charge in [0.1, 0.15) is 0 Å². The summed E-state index contributed by atoms with van der Waals surface area (Å²) >= 11 is 3.21. The summed E-state index contributed by atoms with van der Waals surface area (Å²) in [6.07, 6.45) is 0. The van der Waals surface area contributed by atoms with Crippen molar-refractivity contribution >= 4 is 50.9 Å². The van der Waals surface area contributed by atoms with Gasteiger partial charge in [-0.25, -0.2) is 4.79 Å². The lowest BCUT2D eigenvalue weighted by atomic mass is 10.1. The molecule has 0 aliphatic rings. The lowest BCUT2D eigenvalue weighted by Crippen LogP contribution is -2.24. The van der Waals surface area contributed by atoms with Crippen LogP contribution in [-0.2, 0) is 9.59 Å². The highest BCUT2D eigenvalue weighted by molar-refractivity contribution is 9.10. The molecule has 2 amide bonds. The topological polar surface area (TPSA) is 113 Å². The van der Waals surface area contributed by atoms with Gasteiger partial charge in [0.2, 0.25) is 5.91 Å². The Bertz CT molecular complexity index is 879. The molecule has 0 aliphatic heterocycles. The number of benzene rings is 2. The lowest BCUT2D eigenvalue weighted by Gasteiger charge is -2.10. The first-order chi connectivity index (χ1) is 11.8. The second-order valence-corrected chi connectivity index (χ2v) is 5.96. The van der Waals surface area contributed by atoms with Crippen molar-refractivity contribution in [2.75, 3.05) is 10.6 Å². The predicted octanol–water partition coefficient (Wildman–Crippen LogP) is 2.93. The third-order valence-electron chi connectivity index (χ3n) is 3.11. The molecule has 0 bridgehead atoms. The molecule has 7 nitrogen and oxygen atoms in total. The number of anilines is 2. The summed E-state index contributed by atoms with van der Waals surface area (Å²) in [5.74, 6) is -3.36. The van der Waals surface area contributed by atoms with Gasteiger partial charge in [0.05, 0.1) is 16.8 Å². The number of carboxylic acids is 1. The molecule has 3 N–H and O–H groups in total. The quantitative estimate of drug-likeness (QED) is 0.523. The van der Waals surface area contributed by atoms with Crippen molar-refractivity contribution in [3.05, 3.63) is 58.1 Å². The zero-order valence-corrected chi connectivity index (χ0v) is 14.6. The molecule has 0 saturated carbocycles. The van der Waals surface area contributed by atoms with Crippen molar-refractivity contribution in [3.8, 4) is 0 Å². The van der Waals surface area contributed by atoms with Crippen LogP contribution in [0.15, 0.2) is 46.9 Å². The monoisotopic (exact) mass is 404 g/mol. The number of carbonyl (C=O) groups excluding carboxylic acids is 3. The molecule has 0 heterocycles. The van der Waals surface area contributed by atoms with Crippen molar-refractivity contribution in [3.63, 3.8) is 0 Å². The fraction of sp³-hybridized carbons (Fsp3) is 0.0588. The third-order valence-corrected chi connectivity index (χ3v) is 3.60. The Kier molecular flexibility index (Phi) is 5.66. The number of nitrogens with one attached hydrogen (secondary N) is 2. The zero-order valence-electron chi connectivity index (χ0n) is 13.0. The van der Waals surface area contributed by atoms with Gasteiger partial charge in [-0.1, -0.05) is 22.0 Å². The number of aromatic carboxylic acids is 1. The number of hydrogen-bond donors (Lipinski definition) is 3. The van der Waals surface area contributed by atoms with E-state index in [-0.39, 0.29) is 28.4 Å². The number of ketones is 1. The molecule has 0 unspecified atom stereocenters. The summed E-state index contributed by atoms with van der Waals surface area (Å²) in [7, 11) is 0. The average Bonchev–Trinajstić information content (AvgIpc) is 2.55. The van der Waals surface area contributed by atoms with Crippen LogP contribution in [0.4, 0.5) is 11.4 Å². The SMILES string of the molecule is CC(=O)Nc1ccc(Br)cc1C(=O)C(=O)Nc1cccc(C(=O)O)c1. The fourth-order valence-electron chi connectivity index (χ4n) is 2.04. The van der Waals surface area contributed by atoms with E-state index < -0.39 is 17.7 Å². The molecule has 0 atom stereocenters. The molecule has 25 heavy (non-hydrogen) atoms. The summed E-state index contributed by atoms with van der Waals surface area (Å²) in [5.41, 5.74) is 0.368. The summed E-state index contributed by atoms with van der Waals surface area (Å²) in [5, 5.41) is 13.8. The summed E-state index contributed by atoms with van der Waals surface area (Å²) in [6.45, 7) is 1.29. The highest BCUT2D eigenvalue weighted by Crippen LogP contribution is 2.22. The molecule has 2 aromatic rings. The number of amides is 2. The van der Waals surface area contributed by atoms with Crippen LogP contribution in [0.5, 0.6) is 0 Å². The van der Waals surface area contributed by atoms with E-state index in [4.69, 9.17) is 5.11 Å². The molecule has 128 valence electrons. The van der Waals surface area contributed by atoms with E-state index in [1.165, 1.54) is 43.3 Å². The zero-order chi connectivity index (χ0) is 18.6. The Morgan fingerprint density at radius 2 is 1.72 bits per heavy atom. The Morgan fingerprint density at radius 3 is 2.36 bits per heavy atom. The Balaban J connectivity index is 2.27. The highest BCUT2D eigenvalue weighted by atomic mass is 79.9. The van der Waals surface area contributed by atoms with Gasteiger partial charge in [-0.2, -0.15) is 0 Å². The number of halogens is 1. The first-order valence-electron chi connectivity index (χ1n) is 7.04. The molecule has 0 radical (unpaired) electrons. The molecule has 0 saturated heterocycles. The van der Waals surface area contributed by atoms with E-state index in [9.17, 15) is 19.2 Å².